The largest absolute Gasteiger partial charge is 0.355 e. The van der Waals surface area contributed by atoms with Crippen LogP contribution in [-0.4, -0.2) is 23.4 Å². The van der Waals surface area contributed by atoms with Crippen LogP contribution in [0.25, 0.3) is 0 Å². The number of hydrogen-bond donors (Lipinski definition) is 2. The van der Waals surface area contributed by atoms with Gasteiger partial charge in [-0.25, -0.2) is 0 Å². The highest BCUT2D eigenvalue weighted by atomic mass is 35.5. The minimum Gasteiger partial charge on any atom is -0.355 e. The van der Waals surface area contributed by atoms with Gasteiger partial charge in [-0.15, -0.1) is 0 Å². The molecule has 1 atom stereocenters. The van der Waals surface area contributed by atoms with Crippen LogP contribution in [0.5, 0.6) is 0 Å². The number of carbonyl (C=O) groups excluding carboxylic acids is 1. The van der Waals surface area contributed by atoms with Crippen molar-refractivity contribution in [1.82, 2.24) is 10.6 Å². The van der Waals surface area contributed by atoms with E-state index in [2.05, 4.69) is 10.6 Å². The number of amides is 1. The molecule has 102 valence electrons. The highest BCUT2D eigenvalue weighted by Gasteiger charge is 2.22. The molecule has 1 fully saturated rings. The van der Waals surface area contributed by atoms with Crippen molar-refractivity contribution < 1.29 is 9.72 Å². The molecular weight excluding hydrogens is 270 g/mol. The zero-order valence-corrected chi connectivity index (χ0v) is 10.9. The normalized spacial score (nSPS) is 19.0. The quantitative estimate of drug-likeness (QED) is 0.649. The van der Waals surface area contributed by atoms with Gasteiger partial charge in [-0.05, 0) is 25.0 Å². The van der Waals surface area contributed by atoms with Crippen LogP contribution >= 0.6 is 11.6 Å². The van der Waals surface area contributed by atoms with Crippen molar-refractivity contribution in [3.63, 3.8) is 0 Å². The van der Waals surface area contributed by atoms with Crippen molar-refractivity contribution in [2.45, 2.75) is 25.4 Å². The Labute approximate surface area is 115 Å². The molecule has 0 spiro atoms. The number of piperidine rings is 1. The summed E-state index contributed by atoms with van der Waals surface area (Å²) in [5, 5.41) is 17.1. The lowest BCUT2D eigenvalue weighted by molar-refractivity contribution is -0.385. The number of hydrogen-bond acceptors (Lipinski definition) is 4. The van der Waals surface area contributed by atoms with Crippen LogP contribution in [0.2, 0.25) is 5.02 Å². The molecule has 2 N–H and O–H groups in total. The highest BCUT2D eigenvalue weighted by molar-refractivity contribution is 6.30. The first kappa shape index (κ1) is 13.8. The average molecular weight is 284 g/mol. The van der Waals surface area contributed by atoms with Crippen LogP contribution in [0.15, 0.2) is 18.2 Å². The summed E-state index contributed by atoms with van der Waals surface area (Å²) in [7, 11) is 0. The lowest BCUT2D eigenvalue weighted by atomic mass is 10.1. The predicted molar refractivity (Wildman–Crippen MR) is 71.0 cm³/mol. The summed E-state index contributed by atoms with van der Waals surface area (Å²) in [6.45, 7) is 0.934. The van der Waals surface area contributed by atoms with E-state index in [1.807, 2.05) is 0 Å². The monoisotopic (exact) mass is 283 g/mol. The van der Waals surface area contributed by atoms with E-state index in [0.717, 1.165) is 12.8 Å². The van der Waals surface area contributed by atoms with Crippen molar-refractivity contribution in [3.8, 4) is 0 Å². The molecule has 0 bridgehead atoms. The van der Waals surface area contributed by atoms with Gasteiger partial charge < -0.3 is 10.6 Å². The van der Waals surface area contributed by atoms with Crippen molar-refractivity contribution in [2.24, 2.45) is 0 Å². The third-order valence-corrected chi connectivity index (χ3v) is 3.30. The van der Waals surface area contributed by atoms with Gasteiger partial charge in [0.1, 0.15) is 0 Å². The van der Waals surface area contributed by atoms with Gasteiger partial charge in [-0.1, -0.05) is 11.6 Å². The van der Waals surface area contributed by atoms with Crippen LogP contribution in [-0.2, 0) is 11.3 Å². The Bertz CT molecular complexity index is 507. The van der Waals surface area contributed by atoms with E-state index in [4.69, 9.17) is 11.6 Å². The topological polar surface area (TPSA) is 84.3 Å². The number of benzene rings is 1. The molecule has 1 aliphatic rings. The van der Waals surface area contributed by atoms with Crippen molar-refractivity contribution in [3.05, 3.63) is 38.9 Å². The molecule has 2 rings (SSSR count). The van der Waals surface area contributed by atoms with Gasteiger partial charge in [0, 0.05) is 29.7 Å². The number of halogens is 1. The fraction of sp³-hybridized carbons (Fsp3) is 0.417. The minimum absolute atomic E-state index is 0.00752. The maximum absolute atomic E-state index is 11.6. The van der Waals surface area contributed by atoms with E-state index >= 15 is 0 Å². The van der Waals surface area contributed by atoms with Crippen LogP contribution in [0.1, 0.15) is 18.4 Å². The van der Waals surface area contributed by atoms with Crippen molar-refractivity contribution in [2.75, 3.05) is 6.54 Å². The van der Waals surface area contributed by atoms with E-state index in [0.29, 0.717) is 17.1 Å². The molecule has 1 amide bonds. The zero-order chi connectivity index (χ0) is 13.8. The maximum atomic E-state index is 11.6. The molecule has 0 aromatic heterocycles. The predicted octanol–water partition coefficient (Wildman–Crippen LogP) is 1.62. The molecule has 1 unspecified atom stereocenters. The van der Waals surface area contributed by atoms with E-state index in [9.17, 15) is 14.9 Å². The lowest BCUT2D eigenvalue weighted by Crippen LogP contribution is -2.47. The maximum Gasteiger partial charge on any atom is 0.273 e. The zero-order valence-electron chi connectivity index (χ0n) is 10.2. The Kier molecular flexibility index (Phi) is 4.34. The molecule has 0 radical (unpaired) electrons. The highest BCUT2D eigenvalue weighted by Crippen LogP contribution is 2.22. The third kappa shape index (κ3) is 3.42. The van der Waals surface area contributed by atoms with Gasteiger partial charge in [0.15, 0.2) is 0 Å². The first-order chi connectivity index (χ1) is 9.08. The summed E-state index contributed by atoms with van der Waals surface area (Å²) < 4.78 is 0. The summed E-state index contributed by atoms with van der Waals surface area (Å²) in [6, 6.07) is 4.11. The van der Waals surface area contributed by atoms with Gasteiger partial charge in [0.2, 0.25) is 5.91 Å². The number of carbonyl (C=O) groups is 1. The van der Waals surface area contributed by atoms with E-state index in [-0.39, 0.29) is 24.2 Å². The van der Waals surface area contributed by atoms with E-state index in [1.54, 1.807) is 6.07 Å². The van der Waals surface area contributed by atoms with Crippen molar-refractivity contribution in [1.29, 1.82) is 0 Å². The van der Waals surface area contributed by atoms with Gasteiger partial charge in [0.25, 0.3) is 5.69 Å². The Hall–Kier alpha value is -1.66. The summed E-state index contributed by atoms with van der Waals surface area (Å²) in [4.78, 5) is 22.0. The lowest BCUT2D eigenvalue weighted by Gasteiger charge is -2.22. The first-order valence-corrected chi connectivity index (χ1v) is 6.39. The van der Waals surface area contributed by atoms with Crippen molar-refractivity contribution >= 4 is 23.2 Å². The number of nitrogens with one attached hydrogen (secondary N) is 2. The molecule has 0 aliphatic carbocycles. The summed E-state index contributed by atoms with van der Waals surface area (Å²) in [6.07, 6.45) is 1.64. The Morgan fingerprint density at radius 3 is 3.00 bits per heavy atom. The standard InChI is InChI=1S/C12H14ClN3O3/c13-9-3-4-11(16(18)19)8(6-9)7-15-10-2-1-5-14-12(10)17/h3-4,6,10,15H,1-2,5,7H2,(H,14,17). The molecule has 0 saturated carbocycles. The second-order valence-corrected chi connectivity index (χ2v) is 4.83. The third-order valence-electron chi connectivity index (χ3n) is 3.06. The van der Waals surface area contributed by atoms with Crippen LogP contribution in [0.4, 0.5) is 5.69 Å². The average Bonchev–Trinajstić information content (AvgIpc) is 2.37. The van der Waals surface area contributed by atoms with E-state index < -0.39 is 4.92 Å². The molecule has 6 nitrogen and oxygen atoms in total. The smallest absolute Gasteiger partial charge is 0.273 e. The Morgan fingerprint density at radius 2 is 2.32 bits per heavy atom. The van der Waals surface area contributed by atoms with Crippen LogP contribution in [0.3, 0.4) is 0 Å². The molecule has 1 heterocycles. The summed E-state index contributed by atoms with van der Waals surface area (Å²) in [5.74, 6) is -0.0593. The van der Waals surface area contributed by atoms with Gasteiger partial charge in [-0.2, -0.15) is 0 Å². The second kappa shape index (κ2) is 5.99. The number of rotatable bonds is 4. The summed E-state index contributed by atoms with van der Waals surface area (Å²) >= 11 is 5.84. The molecule has 1 saturated heterocycles. The molecule has 19 heavy (non-hydrogen) atoms. The molecule has 1 aromatic rings. The molecular formula is C12H14ClN3O3. The van der Waals surface area contributed by atoms with Crippen LogP contribution in [0, 0.1) is 10.1 Å². The van der Waals surface area contributed by atoms with Gasteiger partial charge in [-0.3, -0.25) is 14.9 Å². The first-order valence-electron chi connectivity index (χ1n) is 6.02. The van der Waals surface area contributed by atoms with Gasteiger partial charge >= 0.3 is 0 Å². The Balaban J connectivity index is 2.08. The molecule has 7 heteroatoms. The minimum atomic E-state index is -0.450. The number of nitro groups is 1. The van der Waals surface area contributed by atoms with Gasteiger partial charge in [0.05, 0.1) is 11.0 Å². The van der Waals surface area contributed by atoms with Crippen LogP contribution < -0.4 is 10.6 Å². The summed E-state index contributed by atoms with van der Waals surface area (Å²) in [5.41, 5.74) is 0.490. The molecule has 1 aliphatic heterocycles. The SMILES string of the molecule is O=C1NCCCC1NCc1cc(Cl)ccc1[N+](=O)[O-]. The van der Waals surface area contributed by atoms with E-state index in [1.165, 1.54) is 12.1 Å². The second-order valence-electron chi connectivity index (χ2n) is 4.40. The fourth-order valence-corrected chi connectivity index (χ4v) is 2.27. The number of nitro benzene ring substituents is 1. The molecule has 1 aromatic carbocycles. The fourth-order valence-electron chi connectivity index (χ4n) is 2.07. The number of nitrogens with zero attached hydrogens (tertiary/aromatic N) is 1. The Morgan fingerprint density at radius 1 is 1.53 bits per heavy atom.